The van der Waals surface area contributed by atoms with Crippen molar-refractivity contribution in [3.63, 3.8) is 0 Å². The second kappa shape index (κ2) is 7.05. The molecule has 0 aromatic carbocycles. The van der Waals surface area contributed by atoms with E-state index in [1.165, 1.54) is 58.3 Å². The average Bonchev–Trinajstić information content (AvgIpc) is 2.76. The van der Waals surface area contributed by atoms with Gasteiger partial charge in [-0.2, -0.15) is 0 Å². The number of hydrogen-bond acceptors (Lipinski definition) is 3. The van der Waals surface area contributed by atoms with Crippen LogP contribution in [-0.4, -0.2) is 54.1 Å². The van der Waals surface area contributed by atoms with Crippen LogP contribution in [0, 0.1) is 5.92 Å². The molecule has 2 rings (SSSR count). The van der Waals surface area contributed by atoms with Crippen molar-refractivity contribution in [3.05, 3.63) is 0 Å². The van der Waals surface area contributed by atoms with Crippen LogP contribution in [0.25, 0.3) is 0 Å². The Bertz CT molecular complexity index is 267. The van der Waals surface area contributed by atoms with E-state index in [-0.39, 0.29) is 0 Å². The van der Waals surface area contributed by atoms with Crippen LogP contribution in [0.2, 0.25) is 0 Å². The number of hydrogen-bond donors (Lipinski definition) is 1. The van der Waals surface area contributed by atoms with E-state index >= 15 is 0 Å². The predicted molar refractivity (Wildman–Crippen MR) is 82.3 cm³/mol. The van der Waals surface area contributed by atoms with Crippen LogP contribution in [0.15, 0.2) is 0 Å². The number of rotatable bonds is 6. The van der Waals surface area contributed by atoms with Gasteiger partial charge >= 0.3 is 0 Å². The second-order valence-corrected chi connectivity index (χ2v) is 7.11. The zero-order valence-corrected chi connectivity index (χ0v) is 13.1. The highest BCUT2D eigenvalue weighted by Crippen LogP contribution is 2.25. The molecule has 3 nitrogen and oxygen atoms in total. The fourth-order valence-corrected chi connectivity index (χ4v) is 3.78. The van der Waals surface area contributed by atoms with E-state index in [2.05, 4.69) is 30.6 Å². The van der Waals surface area contributed by atoms with Crippen molar-refractivity contribution in [2.24, 2.45) is 11.7 Å². The van der Waals surface area contributed by atoms with E-state index < -0.39 is 0 Å². The first-order valence-corrected chi connectivity index (χ1v) is 8.30. The topological polar surface area (TPSA) is 32.5 Å². The van der Waals surface area contributed by atoms with Gasteiger partial charge in [0.05, 0.1) is 0 Å². The van der Waals surface area contributed by atoms with Gasteiger partial charge in [0.25, 0.3) is 0 Å². The van der Waals surface area contributed by atoms with Gasteiger partial charge in [-0.15, -0.1) is 0 Å². The highest BCUT2D eigenvalue weighted by atomic mass is 15.3. The van der Waals surface area contributed by atoms with E-state index in [0.717, 1.165) is 18.0 Å². The van der Waals surface area contributed by atoms with Gasteiger partial charge in [0.15, 0.2) is 0 Å². The fraction of sp³-hybridized carbons (Fsp3) is 1.00. The molecule has 2 heterocycles. The first kappa shape index (κ1) is 15.3. The van der Waals surface area contributed by atoms with Crippen molar-refractivity contribution in [1.29, 1.82) is 0 Å². The summed E-state index contributed by atoms with van der Waals surface area (Å²) >= 11 is 0. The number of nitrogens with zero attached hydrogens (tertiary/aromatic N) is 2. The molecule has 2 aliphatic rings. The lowest BCUT2D eigenvalue weighted by Crippen LogP contribution is -2.55. The Morgan fingerprint density at radius 2 is 2.00 bits per heavy atom. The highest BCUT2D eigenvalue weighted by Gasteiger charge is 2.34. The minimum absolute atomic E-state index is 0.369. The van der Waals surface area contributed by atoms with E-state index in [4.69, 9.17) is 5.73 Å². The van der Waals surface area contributed by atoms with Gasteiger partial charge in [-0.05, 0) is 52.0 Å². The van der Waals surface area contributed by atoms with Crippen molar-refractivity contribution in [2.75, 3.05) is 26.2 Å². The quantitative estimate of drug-likeness (QED) is 0.801. The molecule has 2 aliphatic heterocycles. The maximum absolute atomic E-state index is 5.83. The summed E-state index contributed by atoms with van der Waals surface area (Å²) in [5, 5.41) is 0. The Labute approximate surface area is 119 Å². The molecule has 0 amide bonds. The lowest BCUT2D eigenvalue weighted by atomic mass is 9.99. The zero-order valence-electron chi connectivity index (χ0n) is 13.1. The Balaban J connectivity index is 1.72. The Morgan fingerprint density at radius 1 is 1.21 bits per heavy atom. The maximum atomic E-state index is 5.83. The first-order chi connectivity index (χ1) is 9.06. The van der Waals surface area contributed by atoms with Crippen LogP contribution in [-0.2, 0) is 0 Å². The summed E-state index contributed by atoms with van der Waals surface area (Å²) in [6.45, 7) is 12.2. The summed E-state index contributed by atoms with van der Waals surface area (Å²) in [6, 6.07) is 1.96. The van der Waals surface area contributed by atoms with Gasteiger partial charge in [-0.3, -0.25) is 9.80 Å². The van der Waals surface area contributed by atoms with Crippen LogP contribution in [0.4, 0.5) is 0 Å². The molecule has 3 heteroatoms. The van der Waals surface area contributed by atoms with E-state index in [1.807, 2.05) is 0 Å². The summed E-state index contributed by atoms with van der Waals surface area (Å²) in [5.41, 5.74) is 5.83. The SMILES string of the molecule is CC(N)CCCC(C)CN1CC2CCCN2CC1C. The van der Waals surface area contributed by atoms with Crippen molar-refractivity contribution < 1.29 is 0 Å². The number of nitrogens with two attached hydrogens (primary N) is 1. The molecule has 0 radical (unpaired) electrons. The summed E-state index contributed by atoms with van der Waals surface area (Å²) in [6.07, 6.45) is 6.63. The smallest absolute Gasteiger partial charge is 0.0224 e. The third-order valence-electron chi connectivity index (χ3n) is 4.97. The van der Waals surface area contributed by atoms with E-state index in [1.54, 1.807) is 0 Å². The van der Waals surface area contributed by atoms with Crippen molar-refractivity contribution in [2.45, 2.75) is 71.0 Å². The molecule has 2 saturated heterocycles. The molecule has 0 saturated carbocycles. The normalized spacial score (nSPS) is 32.2. The van der Waals surface area contributed by atoms with Crippen LogP contribution < -0.4 is 5.73 Å². The summed E-state index contributed by atoms with van der Waals surface area (Å²) in [7, 11) is 0. The summed E-state index contributed by atoms with van der Waals surface area (Å²) < 4.78 is 0. The third kappa shape index (κ3) is 4.44. The standard InChI is InChI=1S/C16H33N3/c1-13(6-4-7-14(2)17)10-19-12-16-8-5-9-18(16)11-15(19)3/h13-16H,4-12,17H2,1-3H3. The molecule has 2 N–H and O–H groups in total. The molecular weight excluding hydrogens is 234 g/mol. The van der Waals surface area contributed by atoms with Crippen molar-refractivity contribution in [3.8, 4) is 0 Å². The molecule has 0 aliphatic carbocycles. The Hall–Kier alpha value is -0.120. The molecule has 4 unspecified atom stereocenters. The van der Waals surface area contributed by atoms with Gasteiger partial charge in [0, 0.05) is 37.8 Å². The number of fused-ring (bicyclic) bond motifs is 1. The minimum Gasteiger partial charge on any atom is -0.328 e. The van der Waals surface area contributed by atoms with Gasteiger partial charge in [-0.25, -0.2) is 0 Å². The fourth-order valence-electron chi connectivity index (χ4n) is 3.78. The van der Waals surface area contributed by atoms with Crippen LogP contribution >= 0.6 is 0 Å². The second-order valence-electron chi connectivity index (χ2n) is 7.11. The lowest BCUT2D eigenvalue weighted by Gasteiger charge is -2.43. The molecular formula is C16H33N3. The molecule has 0 spiro atoms. The Morgan fingerprint density at radius 3 is 2.74 bits per heavy atom. The van der Waals surface area contributed by atoms with Crippen molar-refractivity contribution >= 4 is 0 Å². The third-order valence-corrected chi connectivity index (χ3v) is 4.97. The molecule has 0 aromatic rings. The van der Waals surface area contributed by atoms with Crippen LogP contribution in [0.1, 0.15) is 52.9 Å². The zero-order chi connectivity index (χ0) is 13.8. The first-order valence-electron chi connectivity index (χ1n) is 8.30. The Kier molecular flexibility index (Phi) is 5.67. The van der Waals surface area contributed by atoms with Gasteiger partial charge in [0.1, 0.15) is 0 Å². The van der Waals surface area contributed by atoms with E-state index in [9.17, 15) is 0 Å². The molecule has 0 bridgehead atoms. The predicted octanol–water partition coefficient (Wildman–Crippen LogP) is 2.31. The monoisotopic (exact) mass is 267 g/mol. The van der Waals surface area contributed by atoms with Crippen LogP contribution in [0.5, 0.6) is 0 Å². The summed E-state index contributed by atoms with van der Waals surface area (Å²) in [5.74, 6) is 0.814. The van der Waals surface area contributed by atoms with Crippen LogP contribution in [0.3, 0.4) is 0 Å². The van der Waals surface area contributed by atoms with Crippen molar-refractivity contribution in [1.82, 2.24) is 9.80 Å². The molecule has 112 valence electrons. The van der Waals surface area contributed by atoms with Gasteiger partial charge < -0.3 is 5.73 Å². The van der Waals surface area contributed by atoms with Gasteiger partial charge in [-0.1, -0.05) is 13.3 Å². The minimum atomic E-state index is 0.369. The average molecular weight is 267 g/mol. The molecule has 4 atom stereocenters. The summed E-state index contributed by atoms with van der Waals surface area (Å²) in [4.78, 5) is 5.45. The van der Waals surface area contributed by atoms with E-state index in [0.29, 0.717) is 6.04 Å². The maximum Gasteiger partial charge on any atom is 0.0224 e. The molecule has 2 fully saturated rings. The largest absolute Gasteiger partial charge is 0.328 e. The lowest BCUT2D eigenvalue weighted by molar-refractivity contribution is 0.0487. The molecule has 0 aromatic heterocycles. The number of piperazine rings is 1. The van der Waals surface area contributed by atoms with Gasteiger partial charge in [0.2, 0.25) is 0 Å². The molecule has 19 heavy (non-hydrogen) atoms. The highest BCUT2D eigenvalue weighted by molar-refractivity contribution is 4.90.